The molecule has 2 aliphatic heterocycles. The van der Waals surface area contributed by atoms with E-state index in [2.05, 4.69) is 10.4 Å². The molecular weight excluding hydrogens is 387 g/mol. The molecular formula is C19H24Cl2N4O2. The second-order valence-corrected chi connectivity index (χ2v) is 7.45. The Morgan fingerprint density at radius 2 is 2.04 bits per heavy atom. The van der Waals surface area contributed by atoms with Gasteiger partial charge in [-0.3, -0.25) is 9.48 Å². The molecule has 1 N–H and O–H groups in total. The molecule has 2 aliphatic rings. The monoisotopic (exact) mass is 410 g/mol. The standard InChI is InChI=1S/C19H23ClN4O2.ClH/c1-23-11-14(8-22-23)16-9-21-10-17(16)19(25)24-6-7-26-18(12-24)13-2-4-15(20)5-3-13;/h2-5,8,11,16-18,21H,6-7,9-10,12H2,1H3;1H/t16-,17+,18?;/m1./s1. The largest absolute Gasteiger partial charge is 0.370 e. The summed E-state index contributed by atoms with van der Waals surface area (Å²) in [4.78, 5) is 15.2. The number of carbonyl (C=O) groups excluding carboxylic acids is 1. The molecule has 2 fully saturated rings. The molecule has 1 amide bonds. The van der Waals surface area contributed by atoms with Gasteiger partial charge in [0.05, 0.1) is 25.3 Å². The Hall–Kier alpha value is -1.60. The molecule has 6 nitrogen and oxygen atoms in total. The Bertz CT molecular complexity index is 780. The third kappa shape index (κ3) is 4.29. The van der Waals surface area contributed by atoms with E-state index in [1.807, 2.05) is 48.6 Å². The number of aryl methyl sites for hydroxylation is 1. The van der Waals surface area contributed by atoms with Crippen LogP contribution in [0, 0.1) is 5.92 Å². The predicted octanol–water partition coefficient (Wildman–Crippen LogP) is 2.40. The summed E-state index contributed by atoms with van der Waals surface area (Å²) in [5.74, 6) is 0.322. The van der Waals surface area contributed by atoms with Gasteiger partial charge in [0, 0.05) is 43.8 Å². The van der Waals surface area contributed by atoms with Crippen molar-refractivity contribution in [1.82, 2.24) is 20.0 Å². The Balaban J connectivity index is 0.00000210. The van der Waals surface area contributed by atoms with Crippen LogP contribution in [0.1, 0.15) is 23.1 Å². The van der Waals surface area contributed by atoms with E-state index in [0.29, 0.717) is 31.3 Å². The van der Waals surface area contributed by atoms with Crippen molar-refractivity contribution in [3.8, 4) is 0 Å². The number of ether oxygens (including phenoxy) is 1. The van der Waals surface area contributed by atoms with Crippen LogP contribution >= 0.6 is 24.0 Å². The number of benzene rings is 1. The molecule has 146 valence electrons. The van der Waals surface area contributed by atoms with E-state index in [1.165, 1.54) is 0 Å². The summed E-state index contributed by atoms with van der Waals surface area (Å²) in [6.07, 6.45) is 3.78. The molecule has 0 saturated carbocycles. The SMILES string of the molecule is Cl.Cn1cc([C@H]2CNC[C@@H]2C(=O)N2CCOC(c3ccc(Cl)cc3)C2)cn1. The van der Waals surface area contributed by atoms with E-state index in [-0.39, 0.29) is 36.3 Å². The molecule has 8 heteroatoms. The number of carbonyl (C=O) groups is 1. The first-order valence-corrected chi connectivity index (χ1v) is 9.35. The fourth-order valence-corrected chi connectivity index (χ4v) is 4.01. The third-order valence-electron chi connectivity index (χ3n) is 5.30. The highest BCUT2D eigenvalue weighted by molar-refractivity contribution is 6.30. The first-order chi connectivity index (χ1) is 12.6. The van der Waals surface area contributed by atoms with Crippen LogP contribution in [-0.2, 0) is 16.6 Å². The zero-order chi connectivity index (χ0) is 18.1. The molecule has 3 heterocycles. The van der Waals surface area contributed by atoms with Crippen molar-refractivity contribution < 1.29 is 9.53 Å². The van der Waals surface area contributed by atoms with Crippen LogP contribution < -0.4 is 5.32 Å². The normalized spacial score (nSPS) is 25.3. The van der Waals surface area contributed by atoms with Crippen LogP contribution in [0.4, 0.5) is 0 Å². The molecule has 0 bridgehead atoms. The third-order valence-corrected chi connectivity index (χ3v) is 5.56. The maximum Gasteiger partial charge on any atom is 0.227 e. The maximum atomic E-state index is 13.2. The molecule has 1 aromatic carbocycles. The summed E-state index contributed by atoms with van der Waals surface area (Å²) in [6, 6.07) is 7.66. The average Bonchev–Trinajstić information content (AvgIpc) is 3.30. The average molecular weight is 411 g/mol. The van der Waals surface area contributed by atoms with Gasteiger partial charge in [-0.2, -0.15) is 5.10 Å². The van der Waals surface area contributed by atoms with Gasteiger partial charge in [0.2, 0.25) is 5.91 Å². The van der Waals surface area contributed by atoms with Crippen molar-refractivity contribution in [1.29, 1.82) is 0 Å². The fraction of sp³-hybridized carbons (Fsp3) is 0.474. The Kier molecular flexibility index (Phi) is 6.42. The highest BCUT2D eigenvalue weighted by atomic mass is 35.5. The number of nitrogens with one attached hydrogen (secondary N) is 1. The summed E-state index contributed by atoms with van der Waals surface area (Å²) < 4.78 is 7.69. The molecule has 0 spiro atoms. The zero-order valence-corrected chi connectivity index (χ0v) is 16.7. The number of morpholine rings is 1. The van der Waals surface area contributed by atoms with Crippen LogP contribution in [0.5, 0.6) is 0 Å². The van der Waals surface area contributed by atoms with Crippen molar-refractivity contribution in [2.45, 2.75) is 12.0 Å². The summed E-state index contributed by atoms with van der Waals surface area (Å²) in [7, 11) is 1.90. The number of hydrogen-bond acceptors (Lipinski definition) is 4. The topological polar surface area (TPSA) is 59.4 Å². The summed E-state index contributed by atoms with van der Waals surface area (Å²) >= 11 is 5.97. The lowest BCUT2D eigenvalue weighted by Crippen LogP contribution is -2.46. The van der Waals surface area contributed by atoms with E-state index < -0.39 is 0 Å². The van der Waals surface area contributed by atoms with Crippen molar-refractivity contribution in [3.63, 3.8) is 0 Å². The molecule has 3 atom stereocenters. The van der Waals surface area contributed by atoms with Gasteiger partial charge in [-0.05, 0) is 23.3 Å². The predicted molar refractivity (Wildman–Crippen MR) is 106 cm³/mol. The Labute approximate surface area is 170 Å². The molecule has 4 rings (SSSR count). The quantitative estimate of drug-likeness (QED) is 0.843. The van der Waals surface area contributed by atoms with E-state index in [0.717, 1.165) is 17.7 Å². The molecule has 1 unspecified atom stereocenters. The first-order valence-electron chi connectivity index (χ1n) is 8.97. The van der Waals surface area contributed by atoms with E-state index in [1.54, 1.807) is 4.68 Å². The van der Waals surface area contributed by atoms with Crippen molar-refractivity contribution in [3.05, 3.63) is 52.8 Å². The van der Waals surface area contributed by atoms with Gasteiger partial charge >= 0.3 is 0 Å². The summed E-state index contributed by atoms with van der Waals surface area (Å²) in [6.45, 7) is 3.29. The van der Waals surface area contributed by atoms with Crippen molar-refractivity contribution >= 4 is 29.9 Å². The van der Waals surface area contributed by atoms with Crippen LogP contribution in [0.25, 0.3) is 0 Å². The highest BCUT2D eigenvalue weighted by Gasteiger charge is 2.38. The fourth-order valence-electron chi connectivity index (χ4n) is 3.88. The Morgan fingerprint density at radius 3 is 2.74 bits per heavy atom. The van der Waals surface area contributed by atoms with Gasteiger partial charge in [0.1, 0.15) is 6.10 Å². The zero-order valence-electron chi connectivity index (χ0n) is 15.2. The number of amides is 1. The van der Waals surface area contributed by atoms with Gasteiger partial charge in [-0.1, -0.05) is 23.7 Å². The first kappa shape index (κ1) is 20.1. The smallest absolute Gasteiger partial charge is 0.227 e. The Morgan fingerprint density at radius 1 is 1.26 bits per heavy atom. The van der Waals surface area contributed by atoms with Gasteiger partial charge < -0.3 is 15.0 Å². The summed E-state index contributed by atoms with van der Waals surface area (Å²) in [5.41, 5.74) is 2.18. The lowest BCUT2D eigenvalue weighted by molar-refractivity contribution is -0.143. The summed E-state index contributed by atoms with van der Waals surface area (Å²) in [5, 5.41) is 8.33. The van der Waals surface area contributed by atoms with Crippen molar-refractivity contribution in [2.75, 3.05) is 32.8 Å². The van der Waals surface area contributed by atoms with E-state index in [4.69, 9.17) is 16.3 Å². The van der Waals surface area contributed by atoms with Gasteiger partial charge in [0.15, 0.2) is 0 Å². The number of aromatic nitrogens is 2. The second-order valence-electron chi connectivity index (χ2n) is 7.01. The van der Waals surface area contributed by atoms with Gasteiger partial charge in [-0.25, -0.2) is 0 Å². The molecule has 2 saturated heterocycles. The maximum absolute atomic E-state index is 13.2. The number of rotatable bonds is 3. The minimum absolute atomic E-state index is 0. The lowest BCUT2D eigenvalue weighted by atomic mass is 9.89. The number of nitrogens with zero attached hydrogens (tertiary/aromatic N) is 3. The highest BCUT2D eigenvalue weighted by Crippen LogP contribution is 2.31. The second kappa shape index (κ2) is 8.61. The minimum atomic E-state index is -0.101. The van der Waals surface area contributed by atoms with Gasteiger partial charge in [-0.15, -0.1) is 12.4 Å². The number of halogens is 2. The van der Waals surface area contributed by atoms with Gasteiger partial charge in [0.25, 0.3) is 0 Å². The molecule has 27 heavy (non-hydrogen) atoms. The van der Waals surface area contributed by atoms with Crippen LogP contribution in [0.2, 0.25) is 5.02 Å². The molecule has 2 aromatic rings. The van der Waals surface area contributed by atoms with Crippen molar-refractivity contribution in [2.24, 2.45) is 13.0 Å². The van der Waals surface area contributed by atoms with Crippen LogP contribution in [0.3, 0.4) is 0 Å². The molecule has 1 aromatic heterocycles. The number of hydrogen-bond donors (Lipinski definition) is 1. The van der Waals surface area contributed by atoms with E-state index in [9.17, 15) is 4.79 Å². The van der Waals surface area contributed by atoms with Crippen LogP contribution in [0.15, 0.2) is 36.7 Å². The molecule has 0 radical (unpaired) electrons. The van der Waals surface area contributed by atoms with Crippen LogP contribution in [-0.4, -0.2) is 53.4 Å². The lowest BCUT2D eigenvalue weighted by Gasteiger charge is -2.35. The minimum Gasteiger partial charge on any atom is -0.370 e. The molecule has 0 aliphatic carbocycles. The van der Waals surface area contributed by atoms with E-state index >= 15 is 0 Å².